The fraction of sp³-hybridized carbons (Fsp3) is 0.130. The Morgan fingerprint density at radius 2 is 1.34 bits per heavy atom. The van der Waals surface area contributed by atoms with E-state index in [0.717, 1.165) is 75.5 Å². The summed E-state index contributed by atoms with van der Waals surface area (Å²) in [4.78, 5) is 4.99. The lowest BCUT2D eigenvalue weighted by atomic mass is 9.94. The molecule has 0 bridgehead atoms. The lowest BCUT2D eigenvalue weighted by molar-refractivity contribution is 0.568. The minimum absolute atomic E-state index is 0.598. The van der Waals surface area contributed by atoms with E-state index >= 15 is 0 Å². The Kier molecular flexibility index (Phi) is 11.6. The molecule has 2 heterocycles. The Labute approximate surface area is 340 Å². The smallest absolute Gasteiger partial charge is 0.143 e. The number of allylic oxidation sites excluding steroid dienone is 2. The topological polar surface area (TPSA) is 64.7 Å². The summed E-state index contributed by atoms with van der Waals surface area (Å²) < 4.78 is 13.0. The monoisotopic (exact) mass is 756 g/mol. The molecule has 0 amide bonds. The maximum Gasteiger partial charge on any atom is 0.143 e. The van der Waals surface area contributed by atoms with Crippen molar-refractivity contribution in [3.05, 3.63) is 209 Å². The Bertz CT molecular complexity index is 2940. The Hall–Kier alpha value is -6.75. The van der Waals surface area contributed by atoms with Crippen molar-refractivity contribution in [1.82, 2.24) is 0 Å². The first-order chi connectivity index (χ1) is 28.6. The van der Waals surface area contributed by atoms with Gasteiger partial charge in [0.25, 0.3) is 0 Å². The van der Waals surface area contributed by atoms with Crippen molar-refractivity contribution in [3.8, 4) is 11.1 Å². The molecular formula is C54H48N2O2. The van der Waals surface area contributed by atoms with Crippen molar-refractivity contribution in [2.24, 2.45) is 10.7 Å². The Morgan fingerprint density at radius 3 is 2.16 bits per heavy atom. The third-order valence-electron chi connectivity index (χ3n) is 11.0. The first-order valence-electron chi connectivity index (χ1n) is 20.1. The van der Waals surface area contributed by atoms with Gasteiger partial charge < -0.3 is 14.6 Å². The van der Waals surface area contributed by atoms with Crippen molar-refractivity contribution in [2.75, 3.05) is 6.54 Å². The van der Waals surface area contributed by atoms with E-state index in [9.17, 15) is 0 Å². The molecule has 58 heavy (non-hydrogen) atoms. The first kappa shape index (κ1) is 38.1. The number of nitrogens with zero attached hydrogens (tertiary/aromatic N) is 1. The van der Waals surface area contributed by atoms with Crippen molar-refractivity contribution in [3.63, 3.8) is 0 Å². The van der Waals surface area contributed by atoms with Gasteiger partial charge >= 0.3 is 0 Å². The number of fused-ring (bicyclic) bond motifs is 6. The highest BCUT2D eigenvalue weighted by Gasteiger charge is 2.19. The Balaban J connectivity index is 0.000000247. The second-order valence-corrected chi connectivity index (χ2v) is 14.6. The largest absolute Gasteiger partial charge is 0.456 e. The van der Waals surface area contributed by atoms with Gasteiger partial charge in [-0.2, -0.15) is 0 Å². The van der Waals surface area contributed by atoms with E-state index in [-0.39, 0.29) is 0 Å². The number of rotatable bonds is 7. The van der Waals surface area contributed by atoms with Crippen LogP contribution in [-0.4, -0.2) is 12.3 Å². The SMILES string of the molecule is C=C.CC(=NCC1=CCCC(c2ccccc2)=C1)c1ccc2c(c1)oc1c(C3=c4oc5ccccc5c4=CCC3)cccc12.NCc1cccc(-c2ccccc2)c1. The lowest BCUT2D eigenvalue weighted by Gasteiger charge is -2.13. The summed E-state index contributed by atoms with van der Waals surface area (Å²) in [5.41, 5.74) is 21.4. The fourth-order valence-electron chi connectivity index (χ4n) is 8.05. The van der Waals surface area contributed by atoms with Gasteiger partial charge in [-0.3, -0.25) is 4.99 Å². The van der Waals surface area contributed by atoms with Crippen molar-refractivity contribution in [2.45, 2.75) is 39.2 Å². The second kappa shape index (κ2) is 17.6. The second-order valence-electron chi connectivity index (χ2n) is 14.6. The van der Waals surface area contributed by atoms with Crippen LogP contribution in [0.25, 0.3) is 61.3 Å². The van der Waals surface area contributed by atoms with Gasteiger partial charge in [0.2, 0.25) is 0 Å². The highest BCUT2D eigenvalue weighted by atomic mass is 16.3. The zero-order valence-electron chi connectivity index (χ0n) is 33.1. The van der Waals surface area contributed by atoms with Crippen LogP contribution in [0.1, 0.15) is 54.9 Å². The summed E-state index contributed by atoms with van der Waals surface area (Å²) in [7, 11) is 0. The standard InChI is InChI=1S/C39H31NO2.C13H13N.C2H4/c1-25(40-24-26-10-7-13-29(22-26)27-11-3-2-4-12-27)28-20-21-31-33-16-9-18-35(39(33)42-37(31)23-28)34-17-8-15-32-30-14-5-6-19-36(30)41-38(32)34;14-10-11-5-4-8-13(9-11)12-6-2-1-3-7-12;1-2/h2-6,9-12,14-16,18-23H,7-8,13,17,24H2,1H3;1-9H,10,14H2;1-2H2. The predicted molar refractivity (Wildman–Crippen MR) is 245 cm³/mol. The van der Waals surface area contributed by atoms with Crippen LogP contribution in [0.15, 0.2) is 190 Å². The number of furan rings is 2. The van der Waals surface area contributed by atoms with Crippen LogP contribution in [0.5, 0.6) is 0 Å². The third-order valence-corrected chi connectivity index (χ3v) is 11.0. The van der Waals surface area contributed by atoms with E-state index in [0.29, 0.717) is 13.1 Å². The minimum atomic E-state index is 0.598. The molecule has 2 N–H and O–H groups in total. The van der Waals surface area contributed by atoms with E-state index in [1.165, 1.54) is 49.6 Å². The number of hydrogen-bond donors (Lipinski definition) is 1. The summed E-state index contributed by atoms with van der Waals surface area (Å²) in [6.45, 7) is 9.37. The fourth-order valence-corrected chi connectivity index (χ4v) is 8.05. The molecule has 4 nitrogen and oxygen atoms in total. The van der Waals surface area contributed by atoms with E-state index in [1.807, 2.05) is 36.4 Å². The summed E-state index contributed by atoms with van der Waals surface area (Å²) in [6.07, 6.45) is 11.0. The molecule has 0 unspecified atom stereocenters. The van der Waals surface area contributed by atoms with Crippen LogP contribution < -0.4 is 16.4 Å². The van der Waals surface area contributed by atoms with Crippen LogP contribution in [0.3, 0.4) is 0 Å². The normalized spacial score (nSPS) is 13.8. The molecule has 0 saturated carbocycles. The summed E-state index contributed by atoms with van der Waals surface area (Å²) in [6, 6.07) is 50.6. The molecule has 0 aliphatic heterocycles. The molecule has 0 spiro atoms. The van der Waals surface area contributed by atoms with Crippen molar-refractivity contribution >= 4 is 55.8 Å². The molecule has 2 aliphatic rings. The lowest BCUT2D eigenvalue weighted by Crippen LogP contribution is -2.26. The molecule has 10 rings (SSSR count). The quantitative estimate of drug-likeness (QED) is 0.130. The predicted octanol–water partition coefficient (Wildman–Crippen LogP) is 12.3. The molecule has 0 atom stereocenters. The summed E-state index contributed by atoms with van der Waals surface area (Å²) in [5.74, 6) is 0. The van der Waals surface area contributed by atoms with Gasteiger partial charge in [0.15, 0.2) is 0 Å². The molecule has 0 saturated heterocycles. The molecule has 0 radical (unpaired) electrons. The summed E-state index contributed by atoms with van der Waals surface area (Å²) >= 11 is 0. The molecular weight excluding hydrogens is 709 g/mol. The highest BCUT2D eigenvalue weighted by Crippen LogP contribution is 2.35. The van der Waals surface area contributed by atoms with Crippen molar-refractivity contribution in [1.29, 1.82) is 0 Å². The van der Waals surface area contributed by atoms with Gasteiger partial charge in [0.1, 0.15) is 22.2 Å². The van der Waals surface area contributed by atoms with Crippen LogP contribution in [-0.2, 0) is 6.54 Å². The van der Waals surface area contributed by atoms with Gasteiger partial charge in [-0.1, -0.05) is 140 Å². The number of para-hydroxylation sites is 2. The zero-order valence-corrected chi connectivity index (χ0v) is 33.1. The van der Waals surface area contributed by atoms with E-state index in [4.69, 9.17) is 19.6 Å². The number of benzene rings is 6. The Morgan fingerprint density at radius 1 is 0.638 bits per heavy atom. The molecule has 0 fully saturated rings. The molecule has 2 aliphatic carbocycles. The molecule has 286 valence electrons. The van der Waals surface area contributed by atoms with Crippen LogP contribution in [0.4, 0.5) is 0 Å². The zero-order chi connectivity index (χ0) is 39.8. The van der Waals surface area contributed by atoms with Gasteiger partial charge in [-0.15, -0.1) is 13.2 Å². The maximum atomic E-state index is 6.63. The number of nitrogens with two attached hydrogens (primary N) is 1. The third kappa shape index (κ3) is 7.93. The van der Waals surface area contributed by atoms with E-state index < -0.39 is 0 Å². The van der Waals surface area contributed by atoms with Gasteiger partial charge in [0, 0.05) is 44.8 Å². The molecule has 4 heteroatoms. The molecule has 2 aromatic heterocycles. The average Bonchev–Trinajstić information content (AvgIpc) is 3.88. The molecule has 6 aromatic carbocycles. The highest BCUT2D eigenvalue weighted by molar-refractivity contribution is 6.10. The molecule has 8 aromatic rings. The number of hydrogen-bond acceptors (Lipinski definition) is 4. The van der Waals surface area contributed by atoms with Crippen LogP contribution in [0, 0.1) is 0 Å². The van der Waals surface area contributed by atoms with Crippen molar-refractivity contribution < 1.29 is 8.83 Å². The maximum absolute atomic E-state index is 6.63. The summed E-state index contributed by atoms with van der Waals surface area (Å²) in [5, 5.41) is 4.64. The average molecular weight is 757 g/mol. The van der Waals surface area contributed by atoms with Crippen LogP contribution >= 0.6 is 0 Å². The first-order valence-corrected chi connectivity index (χ1v) is 20.1. The van der Waals surface area contributed by atoms with Crippen LogP contribution in [0.2, 0.25) is 0 Å². The van der Waals surface area contributed by atoms with Gasteiger partial charge in [0.05, 0.1) is 6.54 Å². The van der Waals surface area contributed by atoms with E-state index in [1.54, 1.807) is 0 Å². The minimum Gasteiger partial charge on any atom is -0.456 e. The van der Waals surface area contributed by atoms with E-state index in [2.05, 4.69) is 148 Å². The van der Waals surface area contributed by atoms with Gasteiger partial charge in [-0.05, 0) is 95.8 Å². The van der Waals surface area contributed by atoms with Gasteiger partial charge in [-0.25, -0.2) is 0 Å². The number of aliphatic imine (C=N–C) groups is 1.